The van der Waals surface area contributed by atoms with E-state index in [0.717, 1.165) is 24.8 Å². The van der Waals surface area contributed by atoms with E-state index in [1.165, 1.54) is 11.3 Å². The molecule has 3 rings (SSSR count). The summed E-state index contributed by atoms with van der Waals surface area (Å²) < 4.78 is 5.76. The molecule has 0 saturated heterocycles. The van der Waals surface area contributed by atoms with Gasteiger partial charge in [0.2, 0.25) is 0 Å². The van der Waals surface area contributed by atoms with Crippen LogP contribution in [0, 0.1) is 0 Å². The van der Waals surface area contributed by atoms with Crippen LogP contribution in [0.5, 0.6) is 0 Å². The fourth-order valence-corrected chi connectivity index (χ4v) is 3.10. The quantitative estimate of drug-likeness (QED) is 0.755. The van der Waals surface area contributed by atoms with Crippen LogP contribution in [-0.2, 0) is 24.2 Å². The number of hydrogen-bond acceptors (Lipinski definition) is 3. The second-order valence-corrected chi connectivity index (χ2v) is 7.27. The second kappa shape index (κ2) is 7.70. The zero-order valence-corrected chi connectivity index (χ0v) is 14.8. The first-order valence-corrected chi connectivity index (χ1v) is 8.73. The Bertz CT molecular complexity index is 696. The van der Waals surface area contributed by atoms with Gasteiger partial charge in [-0.1, -0.05) is 30.3 Å². The molecule has 1 aliphatic carbocycles. The maximum absolute atomic E-state index is 12.3. The Hall–Kier alpha value is -2.34. The van der Waals surface area contributed by atoms with Gasteiger partial charge in [-0.15, -0.1) is 0 Å². The van der Waals surface area contributed by atoms with E-state index in [1.54, 1.807) is 0 Å². The third-order valence-corrected chi connectivity index (χ3v) is 4.38. The fourth-order valence-electron chi connectivity index (χ4n) is 3.10. The summed E-state index contributed by atoms with van der Waals surface area (Å²) in [5, 5.41) is 13.2. The fraction of sp³-hybridized carbons (Fsp3) is 0.474. The van der Waals surface area contributed by atoms with Crippen molar-refractivity contribution in [2.45, 2.75) is 51.3 Å². The lowest BCUT2D eigenvalue weighted by molar-refractivity contribution is 0.0741. The molecule has 134 valence electrons. The zero-order chi connectivity index (χ0) is 17.7. The van der Waals surface area contributed by atoms with Gasteiger partial charge in [0.15, 0.2) is 0 Å². The number of aromatic amines is 1. The van der Waals surface area contributed by atoms with Crippen molar-refractivity contribution in [2.24, 2.45) is 0 Å². The third kappa shape index (κ3) is 5.06. The van der Waals surface area contributed by atoms with Gasteiger partial charge in [-0.3, -0.25) is 5.10 Å². The molecule has 25 heavy (non-hydrogen) atoms. The molecule has 6 heteroatoms. The molecule has 0 spiro atoms. The number of aromatic nitrogens is 2. The standard InChI is InChI=1S/C19H26N4O2/c1-19(2,13-25-12-14-6-4-3-5-7-14)22-18(24)21-16-8-9-17-15(10-16)11-20-23-17/h3-7,11,16H,8-10,12-13H2,1-2H3,(H,20,23)(H2,21,22,24)/t16-/m1/s1. The summed E-state index contributed by atoms with van der Waals surface area (Å²) in [5.41, 5.74) is 3.07. The molecule has 3 N–H and O–H groups in total. The van der Waals surface area contributed by atoms with Gasteiger partial charge in [0.1, 0.15) is 0 Å². The molecule has 1 aromatic carbocycles. The lowest BCUT2D eigenvalue weighted by atomic mass is 9.94. The number of aryl methyl sites for hydroxylation is 1. The summed E-state index contributed by atoms with van der Waals surface area (Å²) in [6.07, 6.45) is 4.52. The smallest absolute Gasteiger partial charge is 0.315 e. The van der Waals surface area contributed by atoms with E-state index in [4.69, 9.17) is 4.74 Å². The van der Waals surface area contributed by atoms with Crippen LogP contribution in [0.3, 0.4) is 0 Å². The van der Waals surface area contributed by atoms with E-state index in [-0.39, 0.29) is 12.1 Å². The normalized spacial score (nSPS) is 17.0. The van der Waals surface area contributed by atoms with Gasteiger partial charge in [0, 0.05) is 11.7 Å². The Kier molecular flexibility index (Phi) is 5.38. The number of H-pyrrole nitrogens is 1. The summed E-state index contributed by atoms with van der Waals surface area (Å²) in [6.45, 7) is 4.92. The number of fused-ring (bicyclic) bond motifs is 1. The van der Waals surface area contributed by atoms with Gasteiger partial charge in [-0.25, -0.2) is 4.79 Å². The van der Waals surface area contributed by atoms with Gasteiger partial charge in [0.25, 0.3) is 0 Å². The average Bonchev–Trinajstić information content (AvgIpc) is 3.02. The highest BCUT2D eigenvalue weighted by molar-refractivity contribution is 5.75. The largest absolute Gasteiger partial charge is 0.374 e. The van der Waals surface area contributed by atoms with E-state index < -0.39 is 5.54 Å². The Morgan fingerprint density at radius 3 is 2.96 bits per heavy atom. The highest BCUT2D eigenvalue weighted by Gasteiger charge is 2.25. The monoisotopic (exact) mass is 342 g/mol. The van der Waals surface area contributed by atoms with Crippen LogP contribution >= 0.6 is 0 Å². The molecule has 0 radical (unpaired) electrons. The summed E-state index contributed by atoms with van der Waals surface area (Å²) >= 11 is 0. The van der Waals surface area contributed by atoms with Crippen molar-refractivity contribution < 1.29 is 9.53 Å². The molecular formula is C19H26N4O2. The summed E-state index contributed by atoms with van der Waals surface area (Å²) in [7, 11) is 0. The zero-order valence-electron chi connectivity index (χ0n) is 14.8. The lowest BCUT2D eigenvalue weighted by Gasteiger charge is -2.29. The molecular weight excluding hydrogens is 316 g/mol. The third-order valence-electron chi connectivity index (χ3n) is 4.38. The van der Waals surface area contributed by atoms with Crippen LogP contribution < -0.4 is 10.6 Å². The summed E-state index contributed by atoms with van der Waals surface area (Å²) in [6, 6.07) is 10.0. The Morgan fingerprint density at radius 2 is 2.16 bits per heavy atom. The molecule has 2 amide bonds. The Labute approximate surface area is 148 Å². The summed E-state index contributed by atoms with van der Waals surface area (Å²) in [4.78, 5) is 12.3. The van der Waals surface area contributed by atoms with Gasteiger partial charge in [0.05, 0.1) is 24.9 Å². The SMILES string of the molecule is CC(C)(COCc1ccccc1)NC(=O)N[C@@H]1CCc2[nH]ncc2C1. The number of hydrogen-bond donors (Lipinski definition) is 3. The number of nitrogens with zero attached hydrogens (tertiary/aromatic N) is 1. The number of amides is 2. The molecule has 1 heterocycles. The van der Waals surface area contributed by atoms with Crippen LogP contribution in [0.2, 0.25) is 0 Å². The van der Waals surface area contributed by atoms with E-state index in [9.17, 15) is 4.79 Å². The molecule has 0 saturated carbocycles. The lowest BCUT2D eigenvalue weighted by Crippen LogP contribution is -2.53. The molecule has 0 bridgehead atoms. The van der Waals surface area contributed by atoms with Crippen LogP contribution in [-0.4, -0.2) is 34.4 Å². The molecule has 1 aliphatic rings. The topological polar surface area (TPSA) is 79.0 Å². The first-order chi connectivity index (χ1) is 12.0. The maximum Gasteiger partial charge on any atom is 0.315 e. The maximum atomic E-state index is 12.3. The Morgan fingerprint density at radius 1 is 1.36 bits per heavy atom. The number of ether oxygens (including phenoxy) is 1. The van der Waals surface area contributed by atoms with Crippen LogP contribution in [0.15, 0.2) is 36.5 Å². The minimum atomic E-state index is -0.436. The van der Waals surface area contributed by atoms with E-state index in [1.807, 2.05) is 50.4 Å². The molecule has 0 fully saturated rings. The predicted octanol–water partition coefficient (Wildman–Crippen LogP) is 2.56. The summed E-state index contributed by atoms with van der Waals surface area (Å²) in [5.74, 6) is 0. The molecule has 1 atom stereocenters. The van der Waals surface area contributed by atoms with Gasteiger partial charge in [-0.2, -0.15) is 5.10 Å². The van der Waals surface area contributed by atoms with Crippen LogP contribution in [0.25, 0.3) is 0 Å². The van der Waals surface area contributed by atoms with Crippen molar-refractivity contribution in [3.63, 3.8) is 0 Å². The molecule has 0 aliphatic heterocycles. The van der Waals surface area contributed by atoms with Crippen molar-refractivity contribution in [3.8, 4) is 0 Å². The number of carbonyl (C=O) groups is 1. The van der Waals surface area contributed by atoms with Gasteiger partial charge >= 0.3 is 6.03 Å². The van der Waals surface area contributed by atoms with Crippen LogP contribution in [0.4, 0.5) is 4.79 Å². The number of carbonyl (C=O) groups excluding carboxylic acids is 1. The van der Waals surface area contributed by atoms with Crippen LogP contribution in [0.1, 0.15) is 37.1 Å². The van der Waals surface area contributed by atoms with Crippen molar-refractivity contribution in [1.29, 1.82) is 0 Å². The van der Waals surface area contributed by atoms with Crippen molar-refractivity contribution in [2.75, 3.05) is 6.61 Å². The van der Waals surface area contributed by atoms with E-state index in [0.29, 0.717) is 13.2 Å². The molecule has 0 unspecified atom stereocenters. The van der Waals surface area contributed by atoms with Gasteiger partial charge < -0.3 is 15.4 Å². The van der Waals surface area contributed by atoms with E-state index >= 15 is 0 Å². The number of benzene rings is 1. The van der Waals surface area contributed by atoms with Crippen molar-refractivity contribution >= 4 is 6.03 Å². The highest BCUT2D eigenvalue weighted by Crippen LogP contribution is 2.18. The predicted molar refractivity (Wildman–Crippen MR) is 96.2 cm³/mol. The van der Waals surface area contributed by atoms with E-state index in [2.05, 4.69) is 20.8 Å². The van der Waals surface area contributed by atoms with Crippen molar-refractivity contribution in [3.05, 3.63) is 53.3 Å². The molecule has 6 nitrogen and oxygen atoms in total. The second-order valence-electron chi connectivity index (χ2n) is 7.27. The minimum Gasteiger partial charge on any atom is -0.374 e. The minimum absolute atomic E-state index is 0.145. The first kappa shape index (κ1) is 17.5. The highest BCUT2D eigenvalue weighted by atomic mass is 16.5. The molecule has 2 aromatic rings. The number of urea groups is 1. The van der Waals surface area contributed by atoms with Crippen molar-refractivity contribution in [1.82, 2.24) is 20.8 Å². The Balaban J connectivity index is 1.42. The number of rotatable bonds is 6. The molecule has 1 aromatic heterocycles. The average molecular weight is 342 g/mol. The van der Waals surface area contributed by atoms with Gasteiger partial charge in [-0.05, 0) is 44.2 Å². The first-order valence-electron chi connectivity index (χ1n) is 8.73. The number of nitrogens with one attached hydrogen (secondary N) is 3.